The van der Waals surface area contributed by atoms with E-state index in [4.69, 9.17) is 28.6 Å². The molecule has 1 atom stereocenters. The number of nitrogens with one attached hydrogen (secondary N) is 2. The number of morpholine rings is 1. The molecule has 0 saturated carbocycles. The van der Waals surface area contributed by atoms with E-state index in [1.165, 1.54) is 0 Å². The van der Waals surface area contributed by atoms with Gasteiger partial charge in [0.2, 0.25) is 0 Å². The van der Waals surface area contributed by atoms with Crippen LogP contribution in [0.3, 0.4) is 0 Å². The van der Waals surface area contributed by atoms with Gasteiger partial charge in [0.05, 0.1) is 35.0 Å². The summed E-state index contributed by atoms with van der Waals surface area (Å²) in [5, 5.41) is 8.48. The van der Waals surface area contributed by atoms with Gasteiger partial charge in [0.25, 0.3) is 0 Å². The van der Waals surface area contributed by atoms with E-state index in [9.17, 15) is 0 Å². The highest BCUT2D eigenvalue weighted by atomic mass is 35.5. The summed E-state index contributed by atoms with van der Waals surface area (Å²) in [6, 6.07) is 16.2. The van der Waals surface area contributed by atoms with Crippen molar-refractivity contribution in [2.75, 3.05) is 18.5 Å². The van der Waals surface area contributed by atoms with Gasteiger partial charge in [-0.1, -0.05) is 48.1 Å². The molecule has 0 bridgehead atoms. The highest BCUT2D eigenvalue weighted by molar-refractivity contribution is 7.80. The van der Waals surface area contributed by atoms with Crippen LogP contribution in [-0.2, 0) is 10.3 Å². The first kappa shape index (κ1) is 17.2. The predicted octanol–water partition coefficient (Wildman–Crippen LogP) is 4.79. The standard InChI is InChI=1S/C20H18ClN3OS/c1-20(12-25-11-18(26)24-20)14-5-3-6-16(9-14)23-17-7-2-4-13-8-15(21)10-22-19(13)17/h2-10,23H,11-12H2,1H3,(H,24,26). The Morgan fingerprint density at radius 2 is 2.08 bits per heavy atom. The van der Waals surface area contributed by atoms with E-state index in [2.05, 4.69) is 34.7 Å². The lowest BCUT2D eigenvalue weighted by atomic mass is 9.91. The molecule has 132 valence electrons. The number of nitrogens with zero attached hydrogens (tertiary/aromatic N) is 1. The van der Waals surface area contributed by atoms with Crippen molar-refractivity contribution in [1.29, 1.82) is 0 Å². The summed E-state index contributed by atoms with van der Waals surface area (Å²) < 4.78 is 5.63. The minimum atomic E-state index is -0.336. The molecule has 1 aromatic heterocycles. The van der Waals surface area contributed by atoms with Gasteiger partial charge in [-0.15, -0.1) is 0 Å². The molecule has 4 rings (SSSR count). The fourth-order valence-corrected chi connectivity index (χ4v) is 3.69. The summed E-state index contributed by atoms with van der Waals surface area (Å²) in [5.74, 6) is 0. The minimum absolute atomic E-state index is 0.336. The topological polar surface area (TPSA) is 46.2 Å². The second-order valence-electron chi connectivity index (χ2n) is 6.61. The zero-order chi connectivity index (χ0) is 18.1. The molecule has 1 unspecified atom stereocenters. The molecule has 0 spiro atoms. The molecule has 1 fully saturated rings. The maximum absolute atomic E-state index is 6.05. The zero-order valence-corrected chi connectivity index (χ0v) is 15.8. The molecule has 2 aromatic carbocycles. The third kappa shape index (κ3) is 3.38. The zero-order valence-electron chi connectivity index (χ0n) is 14.3. The monoisotopic (exact) mass is 383 g/mol. The fourth-order valence-electron chi connectivity index (χ4n) is 3.21. The first-order valence-electron chi connectivity index (χ1n) is 8.34. The lowest BCUT2D eigenvalue weighted by molar-refractivity contribution is 0.0876. The lowest BCUT2D eigenvalue weighted by Gasteiger charge is -2.36. The highest BCUT2D eigenvalue weighted by Crippen LogP contribution is 2.30. The Morgan fingerprint density at radius 3 is 2.92 bits per heavy atom. The van der Waals surface area contributed by atoms with Gasteiger partial charge < -0.3 is 15.4 Å². The third-order valence-electron chi connectivity index (χ3n) is 4.50. The van der Waals surface area contributed by atoms with E-state index in [1.807, 2.05) is 36.4 Å². The van der Waals surface area contributed by atoms with Crippen LogP contribution in [0.25, 0.3) is 10.9 Å². The average Bonchev–Trinajstić information content (AvgIpc) is 2.62. The van der Waals surface area contributed by atoms with Gasteiger partial charge >= 0.3 is 0 Å². The normalized spacial score (nSPS) is 20.0. The van der Waals surface area contributed by atoms with E-state index in [-0.39, 0.29) is 5.54 Å². The predicted molar refractivity (Wildman–Crippen MR) is 110 cm³/mol. The molecule has 1 aliphatic rings. The third-order valence-corrected chi connectivity index (χ3v) is 4.92. The maximum Gasteiger partial charge on any atom is 0.102 e. The summed E-state index contributed by atoms with van der Waals surface area (Å²) >= 11 is 11.3. The average molecular weight is 384 g/mol. The van der Waals surface area contributed by atoms with Crippen molar-refractivity contribution < 1.29 is 4.74 Å². The number of rotatable bonds is 3. The number of ether oxygens (including phenoxy) is 1. The van der Waals surface area contributed by atoms with E-state index in [1.54, 1.807) is 6.20 Å². The summed E-state index contributed by atoms with van der Waals surface area (Å²) in [5.41, 5.74) is 3.57. The van der Waals surface area contributed by atoms with Crippen LogP contribution < -0.4 is 10.6 Å². The SMILES string of the molecule is CC1(c2cccc(Nc3cccc4cc(Cl)cnc34)c2)COCC(=S)N1. The molecule has 2 heterocycles. The van der Waals surface area contributed by atoms with Gasteiger partial charge in [0, 0.05) is 17.3 Å². The molecule has 4 nitrogen and oxygen atoms in total. The number of hydrogen-bond acceptors (Lipinski definition) is 4. The van der Waals surface area contributed by atoms with Crippen molar-refractivity contribution >= 4 is 51.1 Å². The first-order chi connectivity index (χ1) is 12.5. The lowest BCUT2D eigenvalue weighted by Crippen LogP contribution is -2.52. The molecule has 2 N–H and O–H groups in total. The van der Waals surface area contributed by atoms with Crippen LogP contribution in [0.2, 0.25) is 5.02 Å². The van der Waals surface area contributed by atoms with E-state index in [0.717, 1.165) is 32.8 Å². The number of fused-ring (bicyclic) bond motifs is 1. The fraction of sp³-hybridized carbons (Fsp3) is 0.200. The number of para-hydroxylation sites is 1. The van der Waals surface area contributed by atoms with Gasteiger partial charge in [0.15, 0.2) is 0 Å². The number of hydrogen-bond donors (Lipinski definition) is 2. The van der Waals surface area contributed by atoms with Crippen molar-refractivity contribution in [1.82, 2.24) is 10.3 Å². The Labute approximate surface area is 162 Å². The van der Waals surface area contributed by atoms with Crippen LogP contribution in [0, 0.1) is 0 Å². The van der Waals surface area contributed by atoms with E-state index >= 15 is 0 Å². The Kier molecular flexibility index (Phi) is 4.53. The van der Waals surface area contributed by atoms with Crippen molar-refractivity contribution in [2.24, 2.45) is 0 Å². The number of halogens is 1. The molecule has 0 radical (unpaired) electrons. The number of pyridine rings is 1. The summed E-state index contributed by atoms with van der Waals surface area (Å²) in [4.78, 5) is 5.20. The van der Waals surface area contributed by atoms with Crippen molar-refractivity contribution in [3.63, 3.8) is 0 Å². The van der Waals surface area contributed by atoms with Crippen LogP contribution in [0.4, 0.5) is 11.4 Å². The maximum atomic E-state index is 6.05. The second kappa shape index (κ2) is 6.83. The quantitative estimate of drug-likeness (QED) is 0.636. The molecule has 1 saturated heterocycles. The summed E-state index contributed by atoms with van der Waals surface area (Å²) in [6.07, 6.45) is 1.66. The van der Waals surface area contributed by atoms with Crippen LogP contribution >= 0.6 is 23.8 Å². The summed E-state index contributed by atoms with van der Waals surface area (Å²) in [7, 11) is 0. The number of benzene rings is 2. The van der Waals surface area contributed by atoms with Gasteiger partial charge in [-0.25, -0.2) is 0 Å². The highest BCUT2D eigenvalue weighted by Gasteiger charge is 2.31. The molecule has 26 heavy (non-hydrogen) atoms. The smallest absolute Gasteiger partial charge is 0.102 e. The molecular formula is C20H18ClN3OS. The number of aromatic nitrogens is 1. The largest absolute Gasteiger partial charge is 0.372 e. The second-order valence-corrected chi connectivity index (χ2v) is 7.54. The van der Waals surface area contributed by atoms with Gasteiger partial charge in [-0.3, -0.25) is 4.98 Å². The Morgan fingerprint density at radius 1 is 1.23 bits per heavy atom. The summed E-state index contributed by atoms with van der Waals surface area (Å²) in [6.45, 7) is 3.15. The van der Waals surface area contributed by atoms with Crippen molar-refractivity contribution in [3.8, 4) is 0 Å². The molecule has 6 heteroatoms. The minimum Gasteiger partial charge on any atom is -0.372 e. The molecule has 0 aliphatic carbocycles. The Balaban J connectivity index is 1.67. The van der Waals surface area contributed by atoms with E-state index in [0.29, 0.717) is 18.2 Å². The van der Waals surface area contributed by atoms with Gasteiger partial charge in [0.1, 0.15) is 4.99 Å². The van der Waals surface area contributed by atoms with E-state index < -0.39 is 0 Å². The molecular weight excluding hydrogens is 366 g/mol. The van der Waals surface area contributed by atoms with Crippen molar-refractivity contribution in [3.05, 3.63) is 65.3 Å². The molecule has 0 amide bonds. The van der Waals surface area contributed by atoms with Crippen LogP contribution in [0.5, 0.6) is 0 Å². The molecule has 1 aliphatic heterocycles. The first-order valence-corrected chi connectivity index (χ1v) is 9.13. The van der Waals surface area contributed by atoms with Gasteiger partial charge in [-0.2, -0.15) is 0 Å². The van der Waals surface area contributed by atoms with Crippen molar-refractivity contribution in [2.45, 2.75) is 12.5 Å². The van der Waals surface area contributed by atoms with Crippen LogP contribution in [0.15, 0.2) is 54.7 Å². The van der Waals surface area contributed by atoms with Crippen LogP contribution in [-0.4, -0.2) is 23.2 Å². The number of anilines is 2. The van der Waals surface area contributed by atoms with Gasteiger partial charge in [-0.05, 0) is 36.8 Å². The van der Waals surface area contributed by atoms with Crippen LogP contribution in [0.1, 0.15) is 12.5 Å². The molecule has 3 aromatic rings. The number of thiocarbonyl (C=S) groups is 1. The Bertz CT molecular complexity index is 994. The Hall–Kier alpha value is -2.21.